The highest BCUT2D eigenvalue weighted by Crippen LogP contribution is 2.13. The molecule has 0 saturated heterocycles. The van der Waals surface area contributed by atoms with E-state index in [1.165, 1.54) is 5.56 Å². The number of hydrogen-bond donors (Lipinski definition) is 1. The van der Waals surface area contributed by atoms with Crippen molar-refractivity contribution in [3.05, 3.63) is 41.5 Å². The van der Waals surface area contributed by atoms with Crippen molar-refractivity contribution < 1.29 is 0 Å². The Kier molecular flexibility index (Phi) is 3.42. The predicted molar refractivity (Wildman–Crippen MR) is 68.9 cm³/mol. The standard InChI is InChI=1S/C13H18N4/c1-4-17-9-12(8-15-17)7-14-13-6-5-10(2)16-11(13)3/h5-6,8-9,14H,4,7H2,1-3H3. The quantitative estimate of drug-likeness (QED) is 0.877. The van der Waals surface area contributed by atoms with Crippen LogP contribution in [0.25, 0.3) is 0 Å². The number of nitrogens with one attached hydrogen (secondary N) is 1. The highest BCUT2D eigenvalue weighted by Gasteiger charge is 2.01. The first-order valence-electron chi connectivity index (χ1n) is 5.88. The fourth-order valence-electron chi connectivity index (χ4n) is 1.74. The van der Waals surface area contributed by atoms with Gasteiger partial charge < -0.3 is 5.32 Å². The van der Waals surface area contributed by atoms with Crippen molar-refractivity contribution in [2.75, 3.05) is 5.32 Å². The van der Waals surface area contributed by atoms with Gasteiger partial charge in [-0.3, -0.25) is 9.67 Å². The lowest BCUT2D eigenvalue weighted by molar-refractivity contribution is 0.659. The Balaban J connectivity index is 2.02. The van der Waals surface area contributed by atoms with Gasteiger partial charge in [0.25, 0.3) is 0 Å². The van der Waals surface area contributed by atoms with Crippen LogP contribution in [0.3, 0.4) is 0 Å². The number of nitrogens with zero attached hydrogens (tertiary/aromatic N) is 3. The molecule has 2 aromatic heterocycles. The minimum atomic E-state index is 0.783. The van der Waals surface area contributed by atoms with E-state index in [4.69, 9.17) is 0 Å². The molecule has 2 aromatic rings. The maximum Gasteiger partial charge on any atom is 0.0606 e. The second kappa shape index (κ2) is 4.99. The van der Waals surface area contributed by atoms with Crippen LogP contribution in [0.2, 0.25) is 0 Å². The Morgan fingerprint density at radius 1 is 1.29 bits per heavy atom. The highest BCUT2D eigenvalue weighted by molar-refractivity contribution is 5.47. The van der Waals surface area contributed by atoms with E-state index in [1.54, 1.807) is 0 Å². The summed E-state index contributed by atoms with van der Waals surface area (Å²) < 4.78 is 1.93. The van der Waals surface area contributed by atoms with Crippen LogP contribution in [0.5, 0.6) is 0 Å². The van der Waals surface area contributed by atoms with E-state index in [0.29, 0.717) is 0 Å². The Morgan fingerprint density at radius 2 is 2.12 bits per heavy atom. The molecular weight excluding hydrogens is 212 g/mol. The maximum atomic E-state index is 4.42. The van der Waals surface area contributed by atoms with E-state index >= 15 is 0 Å². The normalized spacial score (nSPS) is 10.5. The molecule has 2 rings (SSSR count). The summed E-state index contributed by atoms with van der Waals surface area (Å²) in [6, 6.07) is 4.09. The third-order valence-corrected chi connectivity index (χ3v) is 2.72. The van der Waals surface area contributed by atoms with Gasteiger partial charge in [0.05, 0.1) is 17.6 Å². The van der Waals surface area contributed by atoms with E-state index in [0.717, 1.165) is 30.2 Å². The zero-order valence-electron chi connectivity index (χ0n) is 10.6. The van der Waals surface area contributed by atoms with Gasteiger partial charge >= 0.3 is 0 Å². The van der Waals surface area contributed by atoms with E-state index in [1.807, 2.05) is 30.8 Å². The Labute approximate surface area is 102 Å². The molecule has 1 N–H and O–H groups in total. The lowest BCUT2D eigenvalue weighted by Crippen LogP contribution is -2.02. The Bertz CT molecular complexity index is 502. The maximum absolute atomic E-state index is 4.42. The number of aryl methyl sites for hydroxylation is 3. The van der Waals surface area contributed by atoms with Crippen LogP contribution in [-0.2, 0) is 13.1 Å². The van der Waals surface area contributed by atoms with Crippen molar-refractivity contribution in [2.24, 2.45) is 0 Å². The molecule has 0 bridgehead atoms. The molecule has 17 heavy (non-hydrogen) atoms. The molecule has 0 fully saturated rings. The first-order valence-corrected chi connectivity index (χ1v) is 5.88. The first kappa shape index (κ1) is 11.6. The number of hydrogen-bond acceptors (Lipinski definition) is 3. The van der Waals surface area contributed by atoms with Crippen LogP contribution in [0.4, 0.5) is 5.69 Å². The Hall–Kier alpha value is -1.84. The van der Waals surface area contributed by atoms with Gasteiger partial charge in [-0.25, -0.2) is 0 Å². The van der Waals surface area contributed by atoms with Crippen molar-refractivity contribution in [2.45, 2.75) is 33.9 Å². The van der Waals surface area contributed by atoms with E-state index in [2.05, 4.69) is 34.6 Å². The molecule has 0 aliphatic heterocycles. The topological polar surface area (TPSA) is 42.7 Å². The van der Waals surface area contributed by atoms with Crippen molar-refractivity contribution in [1.82, 2.24) is 14.8 Å². The second-order valence-corrected chi connectivity index (χ2v) is 4.14. The van der Waals surface area contributed by atoms with E-state index in [9.17, 15) is 0 Å². The van der Waals surface area contributed by atoms with Crippen molar-refractivity contribution in [1.29, 1.82) is 0 Å². The van der Waals surface area contributed by atoms with Crippen LogP contribution < -0.4 is 5.32 Å². The molecule has 4 nitrogen and oxygen atoms in total. The summed E-state index contributed by atoms with van der Waals surface area (Å²) in [5.74, 6) is 0. The summed E-state index contributed by atoms with van der Waals surface area (Å²) in [4.78, 5) is 4.42. The minimum Gasteiger partial charge on any atom is -0.379 e. The molecule has 0 atom stereocenters. The monoisotopic (exact) mass is 230 g/mol. The number of anilines is 1. The van der Waals surface area contributed by atoms with Gasteiger partial charge in [-0.2, -0.15) is 5.10 Å². The molecule has 0 aliphatic rings. The van der Waals surface area contributed by atoms with Gasteiger partial charge in [-0.1, -0.05) is 0 Å². The summed E-state index contributed by atoms with van der Waals surface area (Å²) in [5, 5.41) is 7.62. The number of aromatic nitrogens is 3. The largest absolute Gasteiger partial charge is 0.379 e. The summed E-state index contributed by atoms with van der Waals surface area (Å²) in [6.45, 7) is 7.79. The van der Waals surface area contributed by atoms with E-state index < -0.39 is 0 Å². The molecule has 90 valence electrons. The molecular formula is C13H18N4. The molecule has 0 saturated carbocycles. The fourth-order valence-corrected chi connectivity index (χ4v) is 1.74. The molecule has 2 heterocycles. The summed E-state index contributed by atoms with van der Waals surface area (Å²) in [5.41, 5.74) is 4.35. The van der Waals surface area contributed by atoms with Gasteiger partial charge in [0, 0.05) is 30.5 Å². The molecule has 0 spiro atoms. The van der Waals surface area contributed by atoms with Crippen molar-refractivity contribution in [3.63, 3.8) is 0 Å². The van der Waals surface area contributed by atoms with Gasteiger partial charge in [0.1, 0.15) is 0 Å². The third kappa shape index (κ3) is 2.84. The predicted octanol–water partition coefficient (Wildman–Crippen LogP) is 2.53. The van der Waals surface area contributed by atoms with Gasteiger partial charge in [0.15, 0.2) is 0 Å². The zero-order valence-corrected chi connectivity index (χ0v) is 10.6. The van der Waals surface area contributed by atoms with E-state index in [-0.39, 0.29) is 0 Å². The number of rotatable bonds is 4. The molecule has 0 aromatic carbocycles. The van der Waals surface area contributed by atoms with Gasteiger partial charge in [0.2, 0.25) is 0 Å². The SMILES string of the molecule is CCn1cc(CNc2ccc(C)nc2C)cn1. The van der Waals surface area contributed by atoms with Crippen LogP contribution in [0.15, 0.2) is 24.5 Å². The van der Waals surface area contributed by atoms with Crippen molar-refractivity contribution >= 4 is 5.69 Å². The Morgan fingerprint density at radius 3 is 2.76 bits per heavy atom. The lowest BCUT2D eigenvalue weighted by atomic mass is 10.2. The lowest BCUT2D eigenvalue weighted by Gasteiger charge is -2.08. The van der Waals surface area contributed by atoms with Crippen LogP contribution in [-0.4, -0.2) is 14.8 Å². The average Bonchev–Trinajstić information content (AvgIpc) is 2.76. The minimum absolute atomic E-state index is 0.783. The molecule has 0 amide bonds. The molecule has 0 aliphatic carbocycles. The highest BCUT2D eigenvalue weighted by atomic mass is 15.3. The zero-order chi connectivity index (χ0) is 12.3. The number of pyridine rings is 1. The average molecular weight is 230 g/mol. The fraction of sp³-hybridized carbons (Fsp3) is 0.385. The van der Waals surface area contributed by atoms with Gasteiger partial charge in [-0.15, -0.1) is 0 Å². The summed E-state index contributed by atoms with van der Waals surface area (Å²) in [7, 11) is 0. The summed E-state index contributed by atoms with van der Waals surface area (Å²) >= 11 is 0. The molecule has 0 radical (unpaired) electrons. The molecule has 4 heteroatoms. The third-order valence-electron chi connectivity index (χ3n) is 2.72. The summed E-state index contributed by atoms with van der Waals surface area (Å²) in [6.07, 6.45) is 3.96. The van der Waals surface area contributed by atoms with Crippen LogP contribution in [0.1, 0.15) is 23.9 Å². The van der Waals surface area contributed by atoms with Crippen LogP contribution in [0, 0.1) is 13.8 Å². The second-order valence-electron chi connectivity index (χ2n) is 4.14. The molecule has 0 unspecified atom stereocenters. The van der Waals surface area contributed by atoms with Crippen LogP contribution >= 0.6 is 0 Å². The van der Waals surface area contributed by atoms with Gasteiger partial charge in [-0.05, 0) is 32.9 Å². The van der Waals surface area contributed by atoms with Crippen molar-refractivity contribution in [3.8, 4) is 0 Å². The first-order chi connectivity index (χ1) is 8.19. The smallest absolute Gasteiger partial charge is 0.0606 e.